The largest absolute Gasteiger partial charge is 0.454 e. The van der Waals surface area contributed by atoms with Gasteiger partial charge in [0.1, 0.15) is 11.6 Å². The number of ether oxygens (including phenoxy) is 1. The number of alkyl halides is 4. The van der Waals surface area contributed by atoms with Crippen LogP contribution in [0.1, 0.15) is 38.8 Å². The molecule has 0 fully saturated rings. The molecule has 0 bridgehead atoms. The minimum atomic E-state index is -4.63. The second-order valence-corrected chi connectivity index (χ2v) is 7.76. The van der Waals surface area contributed by atoms with Crippen LogP contribution in [-0.2, 0) is 12.7 Å². The fraction of sp³-hybridized carbons (Fsp3) is 0.269. The van der Waals surface area contributed by atoms with E-state index in [9.17, 15) is 17.6 Å². The average molecular weight is 579 g/mol. The maximum atomic E-state index is 13.6. The predicted molar refractivity (Wildman–Crippen MR) is 148 cm³/mol. The molecule has 4 rings (SSSR count). The Balaban J connectivity index is 0.00000106. The van der Waals surface area contributed by atoms with Crippen molar-refractivity contribution in [3.8, 4) is 11.5 Å². The van der Waals surface area contributed by atoms with E-state index in [1.165, 1.54) is 18.3 Å². The molecule has 1 aliphatic rings. The highest BCUT2D eigenvalue weighted by Gasteiger charge is 2.31. The molecule has 0 unspecified atom stereocenters. The van der Waals surface area contributed by atoms with Crippen molar-refractivity contribution in [3.63, 3.8) is 0 Å². The normalized spacial score (nSPS) is 12.7. The summed E-state index contributed by atoms with van der Waals surface area (Å²) in [5.74, 6) is 0.300. The van der Waals surface area contributed by atoms with E-state index in [-0.39, 0.29) is 12.1 Å². The minimum absolute atomic E-state index is 0.0971. The van der Waals surface area contributed by atoms with Gasteiger partial charge in [0.2, 0.25) is 5.96 Å². The van der Waals surface area contributed by atoms with Gasteiger partial charge in [-0.15, -0.1) is 11.6 Å². The van der Waals surface area contributed by atoms with Crippen LogP contribution in [0.25, 0.3) is 0 Å². The Kier molecular flexibility index (Phi) is 14.3. The number of hydrogen-bond donors (Lipinski definition) is 2. The van der Waals surface area contributed by atoms with Gasteiger partial charge in [-0.1, -0.05) is 57.5 Å². The van der Waals surface area contributed by atoms with E-state index >= 15 is 0 Å². The molecule has 202 valence electrons. The summed E-state index contributed by atoms with van der Waals surface area (Å²) in [6.45, 7) is 7.85. The maximum absolute atomic E-state index is 13.6. The van der Waals surface area contributed by atoms with Crippen LogP contribution in [-0.4, -0.2) is 12.3 Å². The van der Waals surface area contributed by atoms with E-state index < -0.39 is 17.6 Å². The molecule has 3 aromatic carbocycles. The van der Waals surface area contributed by atoms with Crippen LogP contribution >= 0.6 is 35.1 Å². The zero-order valence-electron chi connectivity index (χ0n) is 21.0. The molecular weight excluding hydrogens is 549 g/mol. The number of hydrogen-bond acceptors (Lipinski definition) is 3. The fourth-order valence-corrected chi connectivity index (χ4v) is 3.74. The molecule has 3 aromatic rings. The molecule has 1 heterocycles. The molecule has 0 saturated carbocycles. The topological polar surface area (TPSA) is 45.7 Å². The highest BCUT2D eigenvalue weighted by Crippen LogP contribution is 2.40. The Labute approximate surface area is 229 Å². The van der Waals surface area contributed by atoms with Gasteiger partial charge in [0, 0.05) is 6.38 Å². The summed E-state index contributed by atoms with van der Waals surface area (Å²) in [7, 11) is 0. The average Bonchev–Trinajstić information content (AvgIpc) is 2.91. The van der Waals surface area contributed by atoms with Crippen molar-refractivity contribution in [1.29, 1.82) is 0 Å². The number of guanidine groups is 1. The van der Waals surface area contributed by atoms with Gasteiger partial charge in [-0.3, -0.25) is 4.72 Å². The molecule has 1 aliphatic heterocycles. The molecule has 11 heteroatoms. The van der Waals surface area contributed by atoms with Crippen molar-refractivity contribution in [3.05, 3.63) is 82.6 Å². The lowest BCUT2D eigenvalue weighted by Crippen LogP contribution is -2.29. The zero-order valence-corrected chi connectivity index (χ0v) is 23.3. The number of benzene rings is 3. The number of nitrogens with one attached hydrogen (secondary N) is 2. The number of rotatable bonds is 4. The van der Waals surface area contributed by atoms with Gasteiger partial charge < -0.3 is 10.1 Å². The van der Waals surface area contributed by atoms with Gasteiger partial charge in [-0.05, 0) is 60.0 Å². The van der Waals surface area contributed by atoms with Crippen LogP contribution in [0.15, 0.2) is 70.6 Å². The van der Waals surface area contributed by atoms with Crippen LogP contribution < -0.4 is 14.8 Å². The maximum Gasteiger partial charge on any atom is 0.416 e. The molecule has 37 heavy (non-hydrogen) atoms. The van der Waals surface area contributed by atoms with Gasteiger partial charge >= 0.3 is 6.18 Å². The Morgan fingerprint density at radius 1 is 0.919 bits per heavy atom. The summed E-state index contributed by atoms with van der Waals surface area (Å²) in [6, 6.07) is 14.8. The molecule has 0 spiro atoms. The molecule has 0 saturated heterocycles. The summed E-state index contributed by atoms with van der Waals surface area (Å²) >= 11 is 12.1. The molecule has 2 N–H and O–H groups in total. The third kappa shape index (κ3) is 9.64. The predicted octanol–water partition coefficient (Wildman–Crippen LogP) is 9.78. The van der Waals surface area contributed by atoms with Crippen LogP contribution in [0.3, 0.4) is 0 Å². The summed E-state index contributed by atoms with van der Waals surface area (Å²) in [5, 5.41) is 3.52. The first kappa shape index (κ1) is 32.4. The minimum Gasteiger partial charge on any atom is -0.454 e. The molecule has 0 atom stereocenters. The molecule has 0 radical (unpaired) electrons. The second-order valence-electron chi connectivity index (χ2n) is 6.50. The van der Waals surface area contributed by atoms with Crippen LogP contribution in [0.4, 0.5) is 23.2 Å². The summed E-state index contributed by atoms with van der Waals surface area (Å²) in [6.07, 6.45) is -3.16. The van der Waals surface area contributed by atoms with E-state index in [1.807, 2.05) is 39.8 Å². The third-order valence-electron chi connectivity index (χ3n) is 4.25. The highest BCUT2D eigenvalue weighted by molar-refractivity contribution is 7.98. The molecule has 0 aromatic heterocycles. The Morgan fingerprint density at radius 3 is 2.22 bits per heavy atom. The van der Waals surface area contributed by atoms with E-state index in [2.05, 4.69) is 26.6 Å². The molecule has 0 aliphatic carbocycles. The smallest absolute Gasteiger partial charge is 0.416 e. The van der Waals surface area contributed by atoms with Crippen LogP contribution in [0.2, 0.25) is 5.02 Å². The third-order valence-corrected chi connectivity index (χ3v) is 5.42. The van der Waals surface area contributed by atoms with Crippen LogP contribution in [0, 0.1) is 5.82 Å². The van der Waals surface area contributed by atoms with Crippen molar-refractivity contribution < 1.29 is 22.3 Å². The second kappa shape index (κ2) is 16.3. The molecule has 0 amide bonds. The van der Waals surface area contributed by atoms with Crippen molar-refractivity contribution in [1.82, 2.24) is 4.72 Å². The number of halogens is 6. The molecule has 4 nitrogen and oxygen atoms in total. The standard InChI is InChI=1S/C21H14ClF4N3OS.2C2H6.CH3Cl/c22-15-4-1-2-5-16(15)30-17-6-3-7-18-19(17)28-20(29-31-18)27-11-12-8-13(21(24,25)26)10-14(23)9-12;3*1-2/h1-10H,11H2,(H2,27,28,29);2*1-2H3;1H3. The Morgan fingerprint density at radius 2 is 1.57 bits per heavy atom. The quantitative estimate of drug-likeness (QED) is 0.184. The van der Waals surface area contributed by atoms with Gasteiger partial charge in [-0.2, -0.15) is 13.2 Å². The van der Waals surface area contributed by atoms with Crippen molar-refractivity contribution in [2.45, 2.75) is 45.3 Å². The van der Waals surface area contributed by atoms with Crippen molar-refractivity contribution in [2.24, 2.45) is 4.99 Å². The monoisotopic (exact) mass is 577 g/mol. The summed E-state index contributed by atoms with van der Waals surface area (Å²) < 4.78 is 61.2. The first-order chi connectivity index (χ1) is 17.8. The summed E-state index contributed by atoms with van der Waals surface area (Å²) in [5.41, 5.74) is -0.331. The lowest BCUT2D eigenvalue weighted by molar-refractivity contribution is -0.137. The van der Waals surface area contributed by atoms with Gasteiger partial charge in [0.15, 0.2) is 5.75 Å². The SMILES string of the molecule is CC.CC.CCl.Fc1cc(CN=C2NSc3cccc(Oc4ccccc4Cl)c3N2)cc(C(F)(F)F)c1. The van der Waals surface area contributed by atoms with E-state index in [0.29, 0.717) is 34.2 Å². The van der Waals surface area contributed by atoms with Crippen molar-refractivity contribution >= 4 is 46.8 Å². The van der Waals surface area contributed by atoms with Crippen LogP contribution in [0.5, 0.6) is 11.5 Å². The highest BCUT2D eigenvalue weighted by atomic mass is 35.5. The van der Waals surface area contributed by atoms with E-state index in [1.54, 1.807) is 30.3 Å². The van der Waals surface area contributed by atoms with Crippen molar-refractivity contribution in [2.75, 3.05) is 11.7 Å². The Hall–Kier alpha value is -2.62. The lowest BCUT2D eigenvalue weighted by Gasteiger charge is -2.23. The fourth-order valence-electron chi connectivity index (χ4n) is 2.84. The zero-order chi connectivity index (χ0) is 28.0. The van der Waals surface area contributed by atoms with Gasteiger partial charge in [0.05, 0.1) is 27.7 Å². The number of nitrogens with zero attached hydrogens (tertiary/aromatic N) is 1. The lowest BCUT2D eigenvalue weighted by atomic mass is 10.1. The number of fused-ring (bicyclic) bond motifs is 1. The molecular formula is C26H29Cl2F4N3OS. The first-order valence-corrected chi connectivity index (χ1v) is 13.3. The van der Waals surface area contributed by atoms with Gasteiger partial charge in [0.25, 0.3) is 0 Å². The number of aliphatic imine (C=N–C) groups is 1. The van der Waals surface area contributed by atoms with E-state index in [0.717, 1.165) is 17.0 Å². The number of anilines is 1. The van der Waals surface area contributed by atoms with E-state index in [4.69, 9.17) is 16.3 Å². The Bertz CT molecular complexity index is 1160. The number of para-hydroxylation sites is 2. The summed E-state index contributed by atoms with van der Waals surface area (Å²) in [4.78, 5) is 5.07. The van der Waals surface area contributed by atoms with Gasteiger partial charge in [-0.25, -0.2) is 9.38 Å². The first-order valence-electron chi connectivity index (χ1n) is 11.3.